The van der Waals surface area contributed by atoms with E-state index in [1.165, 1.54) is 0 Å². The Bertz CT molecular complexity index is 1120. The largest absolute Gasteiger partial charge is 0.481 e. The number of carbonyl (C=O) groups is 1. The van der Waals surface area contributed by atoms with Gasteiger partial charge in [0.2, 0.25) is 10.0 Å². The number of hydrogen-bond donors (Lipinski definition) is 0. The molecule has 1 heterocycles. The lowest BCUT2D eigenvalue weighted by atomic mass is 10.00. The zero-order valence-electron chi connectivity index (χ0n) is 19.9. The molecule has 0 radical (unpaired) electrons. The van der Waals surface area contributed by atoms with Crippen LogP contribution in [0.25, 0.3) is 11.1 Å². The minimum absolute atomic E-state index is 0.0348. The van der Waals surface area contributed by atoms with Crippen LogP contribution < -0.4 is 4.74 Å². The highest BCUT2D eigenvalue weighted by molar-refractivity contribution is 7.89. The normalized spacial score (nSPS) is 17.6. The van der Waals surface area contributed by atoms with Crippen molar-refractivity contribution >= 4 is 27.6 Å². The molecule has 1 atom stereocenters. The molecule has 3 rings (SSSR count). The first-order valence-electron chi connectivity index (χ1n) is 11.2. The molecular weight excluding hydrogens is 462 g/mol. The fourth-order valence-corrected chi connectivity index (χ4v) is 5.86. The number of ether oxygens (including phenoxy) is 2. The molecule has 1 fully saturated rings. The van der Waals surface area contributed by atoms with Crippen molar-refractivity contribution in [2.75, 3.05) is 13.2 Å². The maximum Gasteiger partial charge on any atom is 0.344 e. The van der Waals surface area contributed by atoms with Gasteiger partial charge in [-0.2, -0.15) is 4.31 Å². The summed E-state index contributed by atoms with van der Waals surface area (Å²) in [6.07, 6.45) is 2.75. The molecule has 2 aromatic rings. The van der Waals surface area contributed by atoms with E-state index in [0.717, 1.165) is 24.8 Å². The summed E-state index contributed by atoms with van der Waals surface area (Å²) in [7, 11) is -3.64. The SMILES string of the molecule is Cc1ccc(S(=O)(=O)N2CCCCC2C)cc1-c1cc(Cl)ccc1OCC(=O)OC(C)(C)C. The molecule has 0 bridgehead atoms. The molecule has 33 heavy (non-hydrogen) atoms. The lowest BCUT2D eigenvalue weighted by molar-refractivity contribution is -0.157. The Morgan fingerprint density at radius 1 is 1.12 bits per heavy atom. The summed E-state index contributed by atoms with van der Waals surface area (Å²) < 4.78 is 39.5. The van der Waals surface area contributed by atoms with Crippen molar-refractivity contribution in [1.29, 1.82) is 0 Å². The molecule has 8 heteroatoms. The van der Waals surface area contributed by atoms with Gasteiger partial charge in [-0.25, -0.2) is 13.2 Å². The number of halogens is 1. The van der Waals surface area contributed by atoms with E-state index >= 15 is 0 Å². The molecule has 180 valence electrons. The zero-order valence-corrected chi connectivity index (χ0v) is 21.4. The Morgan fingerprint density at radius 2 is 1.85 bits per heavy atom. The van der Waals surface area contributed by atoms with Gasteiger partial charge in [0.1, 0.15) is 11.4 Å². The number of nitrogens with zero attached hydrogens (tertiary/aromatic N) is 1. The second-order valence-corrected chi connectivity index (χ2v) is 11.8. The molecule has 0 aliphatic carbocycles. The number of benzene rings is 2. The number of rotatable bonds is 6. The fraction of sp³-hybridized carbons (Fsp3) is 0.480. The quantitative estimate of drug-likeness (QED) is 0.490. The Hall–Kier alpha value is -2.09. The summed E-state index contributed by atoms with van der Waals surface area (Å²) in [5.74, 6) is -0.0650. The van der Waals surface area contributed by atoms with Crippen LogP contribution in [0, 0.1) is 6.92 Å². The van der Waals surface area contributed by atoms with Gasteiger partial charge in [-0.05, 0) is 88.9 Å². The molecule has 1 aliphatic heterocycles. The summed E-state index contributed by atoms with van der Waals surface area (Å²) in [5, 5.41) is 0.479. The zero-order chi connectivity index (χ0) is 24.4. The summed E-state index contributed by atoms with van der Waals surface area (Å²) >= 11 is 6.27. The molecule has 2 aromatic carbocycles. The molecule has 6 nitrogen and oxygen atoms in total. The van der Waals surface area contributed by atoms with Crippen LogP contribution in [-0.2, 0) is 19.6 Å². The molecule has 0 spiro atoms. The van der Waals surface area contributed by atoms with Crippen molar-refractivity contribution in [3.05, 3.63) is 47.0 Å². The van der Waals surface area contributed by atoms with Crippen LogP contribution in [0.4, 0.5) is 0 Å². The van der Waals surface area contributed by atoms with Crippen molar-refractivity contribution in [2.45, 2.75) is 70.4 Å². The van der Waals surface area contributed by atoms with Crippen molar-refractivity contribution < 1.29 is 22.7 Å². The molecule has 0 N–H and O–H groups in total. The lowest BCUT2D eigenvalue weighted by Crippen LogP contribution is -2.41. The maximum atomic E-state index is 13.4. The van der Waals surface area contributed by atoms with E-state index in [0.29, 0.717) is 28.4 Å². The van der Waals surface area contributed by atoms with Crippen molar-refractivity contribution in [3.8, 4) is 16.9 Å². The number of hydrogen-bond acceptors (Lipinski definition) is 5. The number of aryl methyl sites for hydroxylation is 1. The van der Waals surface area contributed by atoms with Crippen LogP contribution in [0.5, 0.6) is 5.75 Å². The van der Waals surface area contributed by atoms with E-state index in [1.807, 2.05) is 13.8 Å². The fourth-order valence-electron chi connectivity index (χ4n) is 3.96. The van der Waals surface area contributed by atoms with Crippen molar-refractivity contribution in [2.24, 2.45) is 0 Å². The third kappa shape index (κ3) is 6.28. The van der Waals surface area contributed by atoms with Gasteiger partial charge in [-0.1, -0.05) is 24.1 Å². The van der Waals surface area contributed by atoms with Gasteiger partial charge >= 0.3 is 5.97 Å². The minimum Gasteiger partial charge on any atom is -0.481 e. The smallest absolute Gasteiger partial charge is 0.344 e. The lowest BCUT2D eigenvalue weighted by Gasteiger charge is -2.32. The van der Waals surface area contributed by atoms with Crippen molar-refractivity contribution in [3.63, 3.8) is 0 Å². The van der Waals surface area contributed by atoms with Crippen LogP contribution in [0.1, 0.15) is 52.5 Å². The first-order chi connectivity index (χ1) is 15.4. The predicted octanol–water partition coefficient (Wildman–Crippen LogP) is 5.60. The number of piperidine rings is 1. The Kier molecular flexibility index (Phi) is 7.76. The second-order valence-electron chi connectivity index (χ2n) is 9.45. The van der Waals surface area contributed by atoms with E-state index in [2.05, 4.69) is 0 Å². The van der Waals surface area contributed by atoms with E-state index in [-0.39, 0.29) is 17.5 Å². The van der Waals surface area contributed by atoms with Gasteiger partial charge in [0.05, 0.1) is 4.90 Å². The highest BCUT2D eigenvalue weighted by Crippen LogP contribution is 2.37. The van der Waals surface area contributed by atoms with Gasteiger partial charge in [-0.15, -0.1) is 0 Å². The summed E-state index contributed by atoms with van der Waals surface area (Å²) in [4.78, 5) is 12.4. The third-order valence-corrected chi connectivity index (χ3v) is 7.80. The average molecular weight is 494 g/mol. The standard InChI is InChI=1S/C25H32ClNO5S/c1-17-9-11-20(33(29,30)27-13-7-6-8-18(27)2)15-21(17)22-14-19(26)10-12-23(22)31-16-24(28)32-25(3,4)5/h9-12,14-15,18H,6-8,13,16H2,1-5H3. The molecule has 1 aliphatic rings. The second kappa shape index (κ2) is 10.0. The van der Waals surface area contributed by atoms with Gasteiger partial charge in [0.25, 0.3) is 0 Å². The first-order valence-corrected chi connectivity index (χ1v) is 13.0. The first kappa shape index (κ1) is 25.5. The van der Waals surface area contributed by atoms with Crippen LogP contribution in [0.15, 0.2) is 41.3 Å². The number of carbonyl (C=O) groups excluding carboxylic acids is 1. The molecule has 0 aromatic heterocycles. The van der Waals surface area contributed by atoms with Gasteiger partial charge in [0, 0.05) is 23.2 Å². The Balaban J connectivity index is 1.96. The summed E-state index contributed by atoms with van der Waals surface area (Å²) in [5.41, 5.74) is 1.55. The highest BCUT2D eigenvalue weighted by Gasteiger charge is 2.31. The van der Waals surface area contributed by atoms with Crippen LogP contribution >= 0.6 is 11.6 Å². The molecular formula is C25H32ClNO5S. The van der Waals surface area contributed by atoms with Gasteiger partial charge in [-0.3, -0.25) is 0 Å². The van der Waals surface area contributed by atoms with Gasteiger partial charge in [0.15, 0.2) is 6.61 Å². The van der Waals surface area contributed by atoms with E-state index in [1.54, 1.807) is 61.5 Å². The number of esters is 1. The predicted molar refractivity (Wildman–Crippen MR) is 130 cm³/mol. The maximum absolute atomic E-state index is 13.4. The Labute approximate surface area is 201 Å². The molecule has 1 saturated heterocycles. The van der Waals surface area contributed by atoms with Crippen LogP contribution in [0.3, 0.4) is 0 Å². The number of sulfonamides is 1. The molecule has 0 amide bonds. The van der Waals surface area contributed by atoms with E-state index in [4.69, 9.17) is 21.1 Å². The summed E-state index contributed by atoms with van der Waals surface area (Å²) in [6, 6.07) is 10.1. The molecule has 0 saturated carbocycles. The monoisotopic (exact) mass is 493 g/mol. The highest BCUT2D eigenvalue weighted by atomic mass is 35.5. The van der Waals surface area contributed by atoms with Crippen LogP contribution in [-0.4, -0.2) is 43.5 Å². The van der Waals surface area contributed by atoms with Crippen LogP contribution in [0.2, 0.25) is 5.02 Å². The minimum atomic E-state index is -3.64. The third-order valence-electron chi connectivity index (χ3n) is 5.55. The topological polar surface area (TPSA) is 72.9 Å². The van der Waals surface area contributed by atoms with Gasteiger partial charge < -0.3 is 9.47 Å². The average Bonchev–Trinajstić information content (AvgIpc) is 2.72. The van der Waals surface area contributed by atoms with E-state index in [9.17, 15) is 13.2 Å². The Morgan fingerprint density at radius 3 is 2.52 bits per heavy atom. The molecule has 1 unspecified atom stereocenters. The summed E-state index contributed by atoms with van der Waals surface area (Å²) in [6.45, 7) is 9.47. The van der Waals surface area contributed by atoms with E-state index < -0.39 is 21.6 Å². The van der Waals surface area contributed by atoms with Crippen molar-refractivity contribution in [1.82, 2.24) is 4.31 Å².